The third-order valence-corrected chi connectivity index (χ3v) is 4.10. The highest BCUT2D eigenvalue weighted by Gasteiger charge is 2.48. The number of aliphatic hydroxyl groups excluding tert-OH is 3. The number of hydrogen-bond donors (Lipinski definition) is 5. The molecule has 1 fully saturated rings. The zero-order valence-corrected chi connectivity index (χ0v) is 13.4. The SMILES string of the molecule is Cc1cc(=O)oc2c(O[C@@H]3O[C@H](C(=O)O)[C@@H](O)[C@H](O)[C@H]3O)c(O)ccc12. The van der Waals surface area contributed by atoms with Crippen LogP contribution in [0.5, 0.6) is 11.5 Å². The Morgan fingerprint density at radius 3 is 2.50 bits per heavy atom. The zero-order chi connectivity index (χ0) is 19.2. The van der Waals surface area contributed by atoms with Gasteiger partial charge >= 0.3 is 11.6 Å². The van der Waals surface area contributed by atoms with E-state index in [-0.39, 0.29) is 11.3 Å². The molecule has 10 nitrogen and oxygen atoms in total. The largest absolute Gasteiger partial charge is 0.504 e. The Morgan fingerprint density at radius 2 is 1.85 bits per heavy atom. The van der Waals surface area contributed by atoms with E-state index in [0.29, 0.717) is 10.9 Å². The molecule has 0 bridgehead atoms. The Kier molecular flexibility index (Phi) is 4.59. The fourth-order valence-corrected chi connectivity index (χ4v) is 2.73. The minimum absolute atomic E-state index is 0.140. The second kappa shape index (κ2) is 6.57. The van der Waals surface area contributed by atoms with Crippen LogP contribution in [-0.2, 0) is 9.53 Å². The lowest BCUT2D eigenvalue weighted by Crippen LogP contribution is -2.61. The average Bonchev–Trinajstić information content (AvgIpc) is 2.56. The van der Waals surface area contributed by atoms with Gasteiger partial charge in [-0.2, -0.15) is 0 Å². The topological polar surface area (TPSA) is 167 Å². The highest BCUT2D eigenvalue weighted by Crippen LogP contribution is 2.37. The summed E-state index contributed by atoms with van der Waals surface area (Å²) in [7, 11) is 0. The van der Waals surface area contributed by atoms with E-state index >= 15 is 0 Å². The van der Waals surface area contributed by atoms with Crippen molar-refractivity contribution in [2.24, 2.45) is 0 Å². The maximum absolute atomic E-state index is 11.6. The van der Waals surface area contributed by atoms with Gasteiger partial charge in [-0.25, -0.2) is 9.59 Å². The highest BCUT2D eigenvalue weighted by molar-refractivity contribution is 5.87. The van der Waals surface area contributed by atoms with Crippen molar-refractivity contribution < 1.29 is 44.2 Å². The molecule has 0 unspecified atom stereocenters. The second-order valence-electron chi connectivity index (χ2n) is 5.89. The van der Waals surface area contributed by atoms with Gasteiger partial charge in [0.25, 0.3) is 0 Å². The number of carbonyl (C=O) groups is 1. The van der Waals surface area contributed by atoms with Crippen LogP contribution in [0, 0.1) is 6.92 Å². The van der Waals surface area contributed by atoms with Crippen LogP contribution in [0.2, 0.25) is 0 Å². The number of benzene rings is 1. The van der Waals surface area contributed by atoms with Crippen LogP contribution in [0.3, 0.4) is 0 Å². The molecule has 2 aromatic rings. The number of carboxylic acids is 1. The molecular formula is C16H16O10. The summed E-state index contributed by atoms with van der Waals surface area (Å²) < 4.78 is 15.4. The molecule has 1 aromatic heterocycles. The van der Waals surface area contributed by atoms with Crippen molar-refractivity contribution >= 4 is 16.9 Å². The van der Waals surface area contributed by atoms with Gasteiger partial charge in [-0.3, -0.25) is 0 Å². The van der Waals surface area contributed by atoms with E-state index < -0.39 is 48.1 Å². The fraction of sp³-hybridized carbons (Fsp3) is 0.375. The molecule has 0 saturated carbocycles. The minimum Gasteiger partial charge on any atom is -0.504 e. The summed E-state index contributed by atoms with van der Waals surface area (Å²) in [6.07, 6.45) is -9.21. The molecule has 10 heteroatoms. The second-order valence-corrected chi connectivity index (χ2v) is 5.89. The molecule has 5 atom stereocenters. The van der Waals surface area contributed by atoms with E-state index in [4.69, 9.17) is 19.0 Å². The van der Waals surface area contributed by atoms with Crippen LogP contribution in [0.15, 0.2) is 27.4 Å². The molecule has 2 heterocycles. The molecule has 0 spiro atoms. The first-order valence-electron chi connectivity index (χ1n) is 7.56. The van der Waals surface area contributed by atoms with Crippen LogP contribution in [0.1, 0.15) is 5.56 Å². The molecule has 1 aliphatic heterocycles. The molecular weight excluding hydrogens is 352 g/mol. The standard InChI is InChI=1S/C16H16O10/c1-5-4-8(18)24-12-6(5)2-3-7(17)13(12)25-16-11(21)9(19)10(20)14(26-16)15(22)23/h2-4,9-11,14,16-17,19-21H,1H3,(H,22,23)/t9-,10-,11+,14-,16+/m0/s1. The third-order valence-electron chi connectivity index (χ3n) is 4.10. The molecule has 1 aliphatic rings. The Morgan fingerprint density at radius 1 is 1.15 bits per heavy atom. The van der Waals surface area contributed by atoms with Crippen molar-refractivity contribution in [3.05, 3.63) is 34.2 Å². The van der Waals surface area contributed by atoms with E-state index in [9.17, 15) is 30.0 Å². The Hall–Kier alpha value is -2.66. The van der Waals surface area contributed by atoms with Crippen LogP contribution in [0.25, 0.3) is 11.0 Å². The first-order chi connectivity index (χ1) is 12.2. The van der Waals surface area contributed by atoms with Crippen molar-refractivity contribution in [1.82, 2.24) is 0 Å². The minimum atomic E-state index is -1.89. The third kappa shape index (κ3) is 2.99. The number of aryl methyl sites for hydroxylation is 1. The number of carboxylic acid groups (broad SMARTS) is 1. The van der Waals surface area contributed by atoms with Gasteiger partial charge < -0.3 is 39.4 Å². The smallest absolute Gasteiger partial charge is 0.336 e. The summed E-state index contributed by atoms with van der Waals surface area (Å²) in [4.78, 5) is 22.8. The number of ether oxygens (including phenoxy) is 2. The van der Waals surface area contributed by atoms with Crippen molar-refractivity contribution in [3.63, 3.8) is 0 Å². The van der Waals surface area contributed by atoms with Crippen molar-refractivity contribution in [2.75, 3.05) is 0 Å². The van der Waals surface area contributed by atoms with Gasteiger partial charge in [-0.15, -0.1) is 0 Å². The molecule has 26 heavy (non-hydrogen) atoms. The molecule has 0 amide bonds. The number of rotatable bonds is 3. The molecule has 1 saturated heterocycles. The lowest BCUT2D eigenvalue weighted by Gasteiger charge is -2.38. The summed E-state index contributed by atoms with van der Waals surface area (Å²) in [5, 5.41) is 49.0. The molecule has 5 N–H and O–H groups in total. The van der Waals surface area contributed by atoms with Crippen molar-refractivity contribution in [3.8, 4) is 11.5 Å². The number of aliphatic carboxylic acids is 1. The molecule has 140 valence electrons. The summed E-state index contributed by atoms with van der Waals surface area (Å²) in [5.74, 6) is -2.42. The lowest BCUT2D eigenvalue weighted by atomic mass is 9.99. The number of aliphatic hydroxyl groups is 3. The fourth-order valence-electron chi connectivity index (χ4n) is 2.73. The van der Waals surface area contributed by atoms with Crippen molar-refractivity contribution in [1.29, 1.82) is 0 Å². The van der Waals surface area contributed by atoms with Gasteiger partial charge in [-0.05, 0) is 24.6 Å². The Balaban J connectivity index is 2.04. The predicted molar refractivity (Wildman–Crippen MR) is 83.8 cm³/mol. The monoisotopic (exact) mass is 368 g/mol. The quantitative estimate of drug-likeness (QED) is 0.427. The number of phenols is 1. The summed E-state index contributed by atoms with van der Waals surface area (Å²) in [6.45, 7) is 1.63. The van der Waals surface area contributed by atoms with Gasteiger partial charge in [-0.1, -0.05) is 0 Å². The van der Waals surface area contributed by atoms with E-state index in [1.807, 2.05) is 0 Å². The first-order valence-corrected chi connectivity index (χ1v) is 7.56. The highest BCUT2D eigenvalue weighted by atomic mass is 16.7. The lowest BCUT2D eigenvalue weighted by molar-refractivity contribution is -0.271. The van der Waals surface area contributed by atoms with Gasteiger partial charge in [0.1, 0.15) is 18.3 Å². The predicted octanol–water partition coefficient (Wildman–Crippen LogP) is -0.922. The Bertz CT molecular complexity index is 904. The summed E-state index contributed by atoms with van der Waals surface area (Å²) in [5.41, 5.74) is -0.321. The van der Waals surface area contributed by atoms with Crippen LogP contribution < -0.4 is 10.4 Å². The van der Waals surface area contributed by atoms with Gasteiger partial charge in [0.2, 0.25) is 12.0 Å². The van der Waals surface area contributed by atoms with E-state index in [1.54, 1.807) is 6.92 Å². The number of phenolic OH excluding ortho intramolecular Hbond substituents is 1. The number of fused-ring (bicyclic) bond motifs is 1. The normalized spacial score (nSPS) is 28.8. The van der Waals surface area contributed by atoms with Crippen molar-refractivity contribution in [2.45, 2.75) is 37.6 Å². The number of aromatic hydroxyl groups is 1. The van der Waals surface area contributed by atoms with E-state index in [0.717, 1.165) is 0 Å². The maximum atomic E-state index is 11.6. The summed E-state index contributed by atoms with van der Waals surface area (Å²) >= 11 is 0. The molecule has 3 rings (SSSR count). The van der Waals surface area contributed by atoms with Gasteiger partial charge in [0, 0.05) is 11.5 Å². The Labute approximate surface area is 145 Å². The van der Waals surface area contributed by atoms with Gasteiger partial charge in [0.15, 0.2) is 17.4 Å². The molecule has 1 aromatic carbocycles. The van der Waals surface area contributed by atoms with E-state index in [1.165, 1.54) is 18.2 Å². The van der Waals surface area contributed by atoms with E-state index in [2.05, 4.69) is 0 Å². The number of hydrogen-bond acceptors (Lipinski definition) is 9. The van der Waals surface area contributed by atoms with Crippen LogP contribution >= 0.6 is 0 Å². The molecule has 0 radical (unpaired) electrons. The van der Waals surface area contributed by atoms with Gasteiger partial charge in [0.05, 0.1) is 0 Å². The van der Waals surface area contributed by atoms with Crippen LogP contribution in [-0.4, -0.2) is 62.2 Å². The zero-order valence-electron chi connectivity index (χ0n) is 13.4. The molecule has 0 aliphatic carbocycles. The average molecular weight is 368 g/mol. The maximum Gasteiger partial charge on any atom is 0.336 e. The van der Waals surface area contributed by atoms with Crippen LogP contribution in [0.4, 0.5) is 0 Å². The first kappa shape index (κ1) is 18.1. The summed E-state index contributed by atoms with van der Waals surface area (Å²) in [6, 6.07) is 3.96.